The molecule has 3 aromatic rings. The first-order valence-corrected chi connectivity index (χ1v) is 11.3. The number of carboxylic acid groups (broad SMARTS) is 1. The van der Waals surface area contributed by atoms with Crippen LogP contribution < -0.4 is 5.32 Å². The van der Waals surface area contributed by atoms with Crippen molar-refractivity contribution in [3.8, 4) is 10.6 Å². The Hall–Kier alpha value is -2.91. The van der Waals surface area contributed by atoms with Crippen LogP contribution in [0.15, 0.2) is 30.6 Å². The zero-order valence-corrected chi connectivity index (χ0v) is 19.4. The van der Waals surface area contributed by atoms with Gasteiger partial charge >= 0.3 is 5.97 Å². The Morgan fingerprint density at radius 1 is 1.16 bits per heavy atom. The summed E-state index contributed by atoms with van der Waals surface area (Å²) >= 11 is 1.40. The lowest BCUT2D eigenvalue weighted by molar-refractivity contribution is -0.154. The van der Waals surface area contributed by atoms with Crippen LogP contribution in [-0.4, -0.2) is 36.3 Å². The first kappa shape index (κ1) is 22.3. The molecule has 0 radical (unpaired) electrons. The Morgan fingerprint density at radius 2 is 1.91 bits per heavy atom. The topological polar surface area (TPSA) is 121 Å². The van der Waals surface area contributed by atoms with Crippen LogP contribution in [-0.2, 0) is 10.4 Å². The summed E-state index contributed by atoms with van der Waals surface area (Å²) in [7, 11) is 0. The smallest absolute Gasteiger partial charge is 0.307 e. The van der Waals surface area contributed by atoms with E-state index in [-0.39, 0.29) is 0 Å². The van der Waals surface area contributed by atoms with Gasteiger partial charge in [-0.2, -0.15) is 5.10 Å². The number of rotatable bonds is 5. The molecule has 1 saturated carbocycles. The average Bonchev–Trinajstić information content (AvgIpc) is 3.17. The average molecular weight is 454 g/mol. The highest BCUT2D eigenvalue weighted by Gasteiger charge is 2.49. The number of anilines is 2. The van der Waals surface area contributed by atoms with Gasteiger partial charge in [-0.1, -0.05) is 13.8 Å². The molecule has 3 aromatic heterocycles. The van der Waals surface area contributed by atoms with Gasteiger partial charge in [-0.05, 0) is 67.9 Å². The van der Waals surface area contributed by atoms with Crippen molar-refractivity contribution in [1.29, 1.82) is 0 Å². The number of nitrogens with one attached hydrogen (secondary N) is 1. The Labute approximate surface area is 190 Å². The molecule has 0 aliphatic heterocycles. The fourth-order valence-electron chi connectivity index (χ4n) is 4.50. The summed E-state index contributed by atoms with van der Waals surface area (Å²) < 4.78 is 0. The van der Waals surface area contributed by atoms with Gasteiger partial charge in [0.15, 0.2) is 5.82 Å². The third-order valence-corrected chi connectivity index (χ3v) is 7.22. The van der Waals surface area contributed by atoms with Crippen LogP contribution >= 0.6 is 11.3 Å². The van der Waals surface area contributed by atoms with Crippen LogP contribution in [0.2, 0.25) is 0 Å². The molecule has 3 N–H and O–H groups in total. The highest BCUT2D eigenvalue weighted by atomic mass is 32.1. The molecule has 1 fully saturated rings. The zero-order valence-electron chi connectivity index (χ0n) is 18.6. The Balaban J connectivity index is 1.60. The van der Waals surface area contributed by atoms with Crippen molar-refractivity contribution in [3.05, 3.63) is 46.7 Å². The minimum Gasteiger partial charge on any atom is -0.481 e. The number of aliphatic carboxylic acids is 1. The SMILES string of the molecule is Cc1cnnc(Nc2cc(C)cc(-c3cnc(C4(O)CCC(C(=O)O)C(C)(C)C4)s3)n2)c1. The van der Waals surface area contributed by atoms with E-state index in [0.717, 1.165) is 21.7 Å². The van der Waals surface area contributed by atoms with Gasteiger partial charge in [-0.15, -0.1) is 16.4 Å². The van der Waals surface area contributed by atoms with E-state index in [2.05, 4.69) is 20.5 Å². The number of nitrogens with zero attached hydrogens (tertiary/aromatic N) is 4. The van der Waals surface area contributed by atoms with E-state index >= 15 is 0 Å². The lowest BCUT2D eigenvalue weighted by Crippen LogP contribution is -2.44. The number of hydrogen-bond acceptors (Lipinski definition) is 8. The maximum atomic E-state index is 11.6. The van der Waals surface area contributed by atoms with E-state index in [1.807, 2.05) is 45.9 Å². The molecule has 2 atom stereocenters. The minimum atomic E-state index is -1.14. The summed E-state index contributed by atoms with van der Waals surface area (Å²) in [5, 5.41) is 32.7. The van der Waals surface area contributed by atoms with E-state index in [1.165, 1.54) is 11.3 Å². The Morgan fingerprint density at radius 3 is 2.59 bits per heavy atom. The van der Waals surface area contributed by atoms with Crippen LogP contribution in [0.5, 0.6) is 0 Å². The van der Waals surface area contributed by atoms with Crippen LogP contribution in [0.1, 0.15) is 49.2 Å². The van der Waals surface area contributed by atoms with Crippen LogP contribution in [0.25, 0.3) is 10.6 Å². The third kappa shape index (κ3) is 4.49. The highest BCUT2D eigenvalue weighted by Crippen LogP contribution is 2.50. The summed E-state index contributed by atoms with van der Waals surface area (Å²) in [6, 6.07) is 5.80. The van der Waals surface area contributed by atoms with E-state index in [1.54, 1.807) is 12.4 Å². The quantitative estimate of drug-likeness (QED) is 0.518. The highest BCUT2D eigenvalue weighted by molar-refractivity contribution is 7.15. The van der Waals surface area contributed by atoms with Crippen molar-refractivity contribution in [2.45, 2.75) is 52.6 Å². The van der Waals surface area contributed by atoms with E-state index in [0.29, 0.717) is 35.9 Å². The fourth-order valence-corrected chi connectivity index (χ4v) is 5.49. The Bertz CT molecular complexity index is 1160. The van der Waals surface area contributed by atoms with Crippen molar-refractivity contribution in [2.75, 3.05) is 5.32 Å². The summed E-state index contributed by atoms with van der Waals surface area (Å²) in [6.07, 6.45) is 4.56. The fraction of sp³-hybridized carbons (Fsp3) is 0.435. The molecule has 9 heteroatoms. The molecule has 1 aliphatic carbocycles. The second-order valence-electron chi connectivity index (χ2n) is 9.31. The normalized spacial score (nSPS) is 22.5. The van der Waals surface area contributed by atoms with Gasteiger partial charge in [0, 0.05) is 6.20 Å². The van der Waals surface area contributed by atoms with Gasteiger partial charge in [-0.3, -0.25) is 4.79 Å². The number of aromatic nitrogens is 4. The van der Waals surface area contributed by atoms with Crippen LogP contribution in [0, 0.1) is 25.2 Å². The molecule has 168 valence electrons. The molecule has 8 nitrogen and oxygen atoms in total. The minimum absolute atomic E-state index is 0.351. The zero-order chi connectivity index (χ0) is 23.1. The predicted octanol–water partition coefficient (Wildman–Crippen LogP) is 4.45. The molecule has 32 heavy (non-hydrogen) atoms. The maximum absolute atomic E-state index is 11.6. The van der Waals surface area contributed by atoms with Gasteiger partial charge in [-0.25, -0.2) is 9.97 Å². The van der Waals surface area contributed by atoms with Gasteiger partial charge in [0.25, 0.3) is 0 Å². The van der Waals surface area contributed by atoms with Crippen molar-refractivity contribution in [2.24, 2.45) is 11.3 Å². The van der Waals surface area contributed by atoms with Crippen LogP contribution in [0.4, 0.5) is 11.6 Å². The molecule has 2 unspecified atom stereocenters. The van der Waals surface area contributed by atoms with Crippen molar-refractivity contribution in [1.82, 2.24) is 20.2 Å². The molecule has 0 aromatic carbocycles. The third-order valence-electron chi connectivity index (χ3n) is 6.01. The number of hydrogen-bond donors (Lipinski definition) is 3. The second kappa shape index (κ2) is 8.22. The molecule has 4 rings (SSSR count). The first-order chi connectivity index (χ1) is 15.1. The number of aliphatic hydroxyl groups is 1. The van der Waals surface area contributed by atoms with Crippen molar-refractivity contribution < 1.29 is 15.0 Å². The molecule has 0 bridgehead atoms. The van der Waals surface area contributed by atoms with E-state index in [4.69, 9.17) is 4.98 Å². The summed E-state index contributed by atoms with van der Waals surface area (Å²) in [5.41, 5.74) is 1.10. The van der Waals surface area contributed by atoms with Gasteiger partial charge in [0.1, 0.15) is 16.4 Å². The standard InChI is InChI=1S/C23H27N5O3S/c1-13-7-16(26-18(8-13)27-19-9-14(2)10-25-28-19)17-11-24-21(32-17)23(31)6-5-15(20(29)30)22(3,4)12-23/h7-11,15,31H,5-6,12H2,1-4H3,(H,29,30)(H,26,27,28). The van der Waals surface area contributed by atoms with Crippen molar-refractivity contribution >= 4 is 28.9 Å². The molecule has 0 spiro atoms. The number of pyridine rings is 1. The van der Waals surface area contributed by atoms with E-state index < -0.39 is 22.9 Å². The van der Waals surface area contributed by atoms with Crippen LogP contribution in [0.3, 0.4) is 0 Å². The number of thiazole rings is 1. The van der Waals surface area contributed by atoms with Crippen molar-refractivity contribution in [3.63, 3.8) is 0 Å². The summed E-state index contributed by atoms with van der Waals surface area (Å²) in [6.45, 7) is 7.74. The lowest BCUT2D eigenvalue weighted by atomic mass is 9.63. The summed E-state index contributed by atoms with van der Waals surface area (Å²) in [5.74, 6) is -0.0133. The predicted molar refractivity (Wildman–Crippen MR) is 123 cm³/mol. The maximum Gasteiger partial charge on any atom is 0.307 e. The molecular weight excluding hydrogens is 426 g/mol. The van der Waals surface area contributed by atoms with Gasteiger partial charge < -0.3 is 15.5 Å². The molecule has 1 aliphatic rings. The van der Waals surface area contributed by atoms with E-state index in [9.17, 15) is 15.0 Å². The summed E-state index contributed by atoms with van der Waals surface area (Å²) in [4.78, 5) is 21.7. The molecule has 0 saturated heterocycles. The molecule has 0 amide bonds. The molecule has 3 heterocycles. The number of aryl methyl sites for hydroxylation is 2. The molecular formula is C23H27N5O3S. The largest absolute Gasteiger partial charge is 0.481 e. The van der Waals surface area contributed by atoms with Gasteiger partial charge in [0.2, 0.25) is 0 Å². The van der Waals surface area contributed by atoms with Gasteiger partial charge in [0.05, 0.1) is 22.7 Å². The second-order valence-corrected chi connectivity index (χ2v) is 10.3. The monoisotopic (exact) mass is 453 g/mol. The lowest BCUT2D eigenvalue weighted by Gasteiger charge is -2.44. The number of carbonyl (C=O) groups is 1. The number of carboxylic acids is 1. The first-order valence-electron chi connectivity index (χ1n) is 10.5. The Kier molecular flexibility index (Phi) is 5.72.